The summed E-state index contributed by atoms with van der Waals surface area (Å²) in [7, 11) is 0. The summed E-state index contributed by atoms with van der Waals surface area (Å²) in [5.41, 5.74) is 5.50. The molecule has 8 heteroatoms. The second-order valence-corrected chi connectivity index (χ2v) is 6.47. The Hall–Kier alpha value is -1.93. The molecule has 4 atom stereocenters. The second-order valence-electron chi connectivity index (χ2n) is 5.56. The minimum atomic E-state index is -1.03. The lowest BCUT2D eigenvalue weighted by atomic mass is 9.79. The predicted molar refractivity (Wildman–Crippen MR) is 77.2 cm³/mol. The number of carbonyl (C=O) groups excluding carboxylic acids is 2. The molecule has 1 aromatic rings. The summed E-state index contributed by atoms with van der Waals surface area (Å²) >= 11 is 1.28. The van der Waals surface area contributed by atoms with Crippen LogP contribution in [0.2, 0.25) is 0 Å². The molecule has 0 aliphatic carbocycles. The standard InChI is InChI=1S/C14H16N2O5S/c1-6-4-5-22-11(6)13(18)16-15-12(17)9-7-2-3-8(21-7)10(9)14(19)20/h4-5,7-10H,2-3H2,1H3,(H,15,17)(H,16,18)(H,19,20)/t7-,8+,9-,10+/m1/s1. The highest BCUT2D eigenvalue weighted by atomic mass is 32.1. The van der Waals surface area contributed by atoms with Gasteiger partial charge in [-0.25, -0.2) is 0 Å². The first-order chi connectivity index (χ1) is 10.5. The lowest BCUT2D eigenvalue weighted by Crippen LogP contribution is -2.50. The van der Waals surface area contributed by atoms with Crippen LogP contribution in [0.1, 0.15) is 28.1 Å². The zero-order valence-electron chi connectivity index (χ0n) is 11.9. The van der Waals surface area contributed by atoms with Crippen molar-refractivity contribution in [2.75, 3.05) is 0 Å². The van der Waals surface area contributed by atoms with Crippen molar-refractivity contribution < 1.29 is 24.2 Å². The Morgan fingerprint density at radius 1 is 1.23 bits per heavy atom. The molecule has 2 aliphatic rings. The molecule has 118 valence electrons. The van der Waals surface area contributed by atoms with E-state index in [0.29, 0.717) is 17.7 Å². The molecule has 3 rings (SSSR count). The van der Waals surface area contributed by atoms with E-state index in [1.807, 2.05) is 6.07 Å². The van der Waals surface area contributed by atoms with Crippen molar-refractivity contribution in [2.24, 2.45) is 11.8 Å². The molecule has 22 heavy (non-hydrogen) atoms. The molecule has 2 saturated heterocycles. The first kappa shape index (κ1) is 15.0. The fourth-order valence-electron chi connectivity index (χ4n) is 3.19. The van der Waals surface area contributed by atoms with E-state index < -0.39 is 35.7 Å². The van der Waals surface area contributed by atoms with Crippen LogP contribution in [0.5, 0.6) is 0 Å². The van der Waals surface area contributed by atoms with Crippen molar-refractivity contribution in [3.05, 3.63) is 21.9 Å². The van der Waals surface area contributed by atoms with Gasteiger partial charge in [0.25, 0.3) is 5.91 Å². The van der Waals surface area contributed by atoms with E-state index in [-0.39, 0.29) is 6.10 Å². The number of carboxylic acids is 1. The Labute approximate surface area is 130 Å². The second kappa shape index (κ2) is 5.69. The van der Waals surface area contributed by atoms with Gasteiger partial charge in [0, 0.05) is 0 Å². The molecule has 3 heterocycles. The van der Waals surface area contributed by atoms with E-state index in [2.05, 4.69) is 10.9 Å². The number of aryl methyl sites for hydroxylation is 1. The molecule has 0 spiro atoms. The topological polar surface area (TPSA) is 105 Å². The van der Waals surface area contributed by atoms with Crippen LogP contribution in [-0.4, -0.2) is 35.1 Å². The normalized spacial score (nSPS) is 29.3. The minimum absolute atomic E-state index is 0.383. The van der Waals surface area contributed by atoms with Gasteiger partial charge in [-0.1, -0.05) is 0 Å². The van der Waals surface area contributed by atoms with Gasteiger partial charge in [0.05, 0.1) is 28.9 Å². The van der Waals surface area contributed by atoms with Crippen LogP contribution in [0.15, 0.2) is 11.4 Å². The lowest BCUT2D eigenvalue weighted by molar-refractivity contribution is -0.148. The summed E-state index contributed by atoms with van der Waals surface area (Å²) in [6.45, 7) is 1.80. The summed E-state index contributed by atoms with van der Waals surface area (Å²) in [6, 6.07) is 1.81. The van der Waals surface area contributed by atoms with Crippen LogP contribution in [0.25, 0.3) is 0 Å². The molecular weight excluding hydrogens is 308 g/mol. The minimum Gasteiger partial charge on any atom is -0.481 e. The summed E-state index contributed by atoms with van der Waals surface area (Å²) in [6.07, 6.45) is 0.538. The largest absolute Gasteiger partial charge is 0.481 e. The molecule has 2 amide bonds. The maximum atomic E-state index is 12.2. The van der Waals surface area contributed by atoms with E-state index in [1.165, 1.54) is 11.3 Å². The van der Waals surface area contributed by atoms with Crippen molar-refractivity contribution in [3.8, 4) is 0 Å². The van der Waals surface area contributed by atoms with Gasteiger partial charge in [0.1, 0.15) is 0 Å². The van der Waals surface area contributed by atoms with E-state index in [0.717, 1.165) is 5.56 Å². The number of fused-ring (bicyclic) bond motifs is 2. The molecule has 2 bridgehead atoms. The first-order valence-electron chi connectivity index (χ1n) is 7.01. The van der Waals surface area contributed by atoms with E-state index in [9.17, 15) is 19.5 Å². The van der Waals surface area contributed by atoms with Gasteiger partial charge in [-0.3, -0.25) is 25.2 Å². The van der Waals surface area contributed by atoms with Gasteiger partial charge < -0.3 is 9.84 Å². The van der Waals surface area contributed by atoms with Gasteiger partial charge in [0.15, 0.2) is 0 Å². The van der Waals surface area contributed by atoms with Crippen molar-refractivity contribution >= 4 is 29.1 Å². The quantitative estimate of drug-likeness (QED) is 0.710. The first-order valence-corrected chi connectivity index (χ1v) is 7.89. The molecule has 3 N–H and O–H groups in total. The van der Waals surface area contributed by atoms with E-state index in [1.54, 1.807) is 12.3 Å². The molecule has 0 unspecified atom stereocenters. The number of amides is 2. The monoisotopic (exact) mass is 324 g/mol. The molecule has 2 aliphatic heterocycles. The summed E-state index contributed by atoms with van der Waals surface area (Å²) in [5.74, 6) is -3.56. The number of nitrogens with one attached hydrogen (secondary N) is 2. The summed E-state index contributed by atoms with van der Waals surface area (Å²) in [5, 5.41) is 11.1. The van der Waals surface area contributed by atoms with Crippen molar-refractivity contribution in [3.63, 3.8) is 0 Å². The Bertz CT molecular complexity index is 629. The third-order valence-corrected chi connectivity index (χ3v) is 5.24. The zero-order valence-corrected chi connectivity index (χ0v) is 12.7. The third-order valence-electron chi connectivity index (χ3n) is 4.23. The number of hydrogen-bond acceptors (Lipinski definition) is 5. The Morgan fingerprint density at radius 3 is 2.50 bits per heavy atom. The summed E-state index contributed by atoms with van der Waals surface area (Å²) in [4.78, 5) is 36.0. The molecule has 0 radical (unpaired) electrons. The van der Waals surface area contributed by atoms with Gasteiger partial charge in [-0.05, 0) is 36.8 Å². The number of ether oxygens (including phenoxy) is 1. The van der Waals surface area contributed by atoms with Crippen LogP contribution < -0.4 is 10.9 Å². The lowest BCUT2D eigenvalue weighted by Gasteiger charge is -2.23. The Morgan fingerprint density at radius 2 is 1.91 bits per heavy atom. The van der Waals surface area contributed by atoms with Crippen LogP contribution >= 0.6 is 11.3 Å². The number of hydrazine groups is 1. The molecule has 7 nitrogen and oxygen atoms in total. The highest BCUT2D eigenvalue weighted by molar-refractivity contribution is 7.12. The van der Waals surface area contributed by atoms with Gasteiger partial charge in [0.2, 0.25) is 5.91 Å². The van der Waals surface area contributed by atoms with Gasteiger partial charge in [-0.15, -0.1) is 11.3 Å². The number of hydrogen-bond donors (Lipinski definition) is 3. The van der Waals surface area contributed by atoms with Gasteiger partial charge in [-0.2, -0.15) is 0 Å². The zero-order chi connectivity index (χ0) is 15.9. The molecule has 2 fully saturated rings. The number of thiophene rings is 1. The fraction of sp³-hybridized carbons (Fsp3) is 0.500. The Kier molecular flexibility index (Phi) is 3.88. The molecule has 0 aromatic carbocycles. The van der Waals surface area contributed by atoms with Crippen LogP contribution in [0.4, 0.5) is 0 Å². The highest BCUT2D eigenvalue weighted by Crippen LogP contribution is 2.43. The van der Waals surface area contributed by atoms with Crippen molar-refractivity contribution in [1.29, 1.82) is 0 Å². The maximum Gasteiger partial charge on any atom is 0.310 e. The van der Waals surface area contributed by atoms with Crippen molar-refractivity contribution in [2.45, 2.75) is 32.0 Å². The number of aliphatic carboxylic acids is 1. The van der Waals surface area contributed by atoms with E-state index >= 15 is 0 Å². The molecule has 1 aromatic heterocycles. The summed E-state index contributed by atoms with van der Waals surface area (Å²) < 4.78 is 5.53. The van der Waals surface area contributed by atoms with Crippen molar-refractivity contribution in [1.82, 2.24) is 10.9 Å². The Balaban J connectivity index is 1.63. The van der Waals surface area contributed by atoms with Crippen LogP contribution in [-0.2, 0) is 14.3 Å². The third kappa shape index (κ3) is 2.48. The SMILES string of the molecule is Cc1ccsc1C(=O)NNC(=O)[C@H]1[C@@H](C(=O)O)[C@@H]2CC[C@H]1O2. The average Bonchev–Trinajstić information content (AvgIpc) is 3.18. The molecular formula is C14H16N2O5S. The number of rotatable bonds is 3. The number of carboxylic acid groups (broad SMARTS) is 1. The van der Waals surface area contributed by atoms with E-state index in [4.69, 9.17) is 4.74 Å². The smallest absolute Gasteiger partial charge is 0.310 e. The number of carbonyl (C=O) groups is 3. The van der Waals surface area contributed by atoms with Crippen LogP contribution in [0, 0.1) is 18.8 Å². The highest BCUT2D eigenvalue weighted by Gasteiger charge is 2.55. The van der Waals surface area contributed by atoms with Crippen LogP contribution in [0.3, 0.4) is 0 Å². The molecule has 0 saturated carbocycles. The fourth-order valence-corrected chi connectivity index (χ4v) is 4.01. The maximum absolute atomic E-state index is 12.2. The predicted octanol–water partition coefficient (Wildman–Crippen LogP) is 0.696. The average molecular weight is 324 g/mol. The van der Waals surface area contributed by atoms with Gasteiger partial charge >= 0.3 is 5.97 Å².